The second kappa shape index (κ2) is 6.45. The Morgan fingerprint density at radius 2 is 1.88 bits per heavy atom. The molecule has 0 bridgehead atoms. The standard InChI is InChI=1S/C21H19NO2S/c1-14-5-7-16(8-6-14)21-22(20(23)13-25-21)18-10-9-17(12-15(18)2)19-4-3-11-24-19/h3-12,21H,13H2,1-2H3. The lowest BCUT2D eigenvalue weighted by atomic mass is 10.1. The topological polar surface area (TPSA) is 33.5 Å². The first-order valence-electron chi connectivity index (χ1n) is 8.28. The maximum Gasteiger partial charge on any atom is 0.238 e. The number of hydrogen-bond donors (Lipinski definition) is 0. The van der Waals surface area contributed by atoms with Crippen LogP contribution in [0.2, 0.25) is 0 Å². The highest BCUT2D eigenvalue weighted by atomic mass is 32.2. The van der Waals surface area contributed by atoms with Gasteiger partial charge in [0.05, 0.1) is 12.0 Å². The van der Waals surface area contributed by atoms with Crippen molar-refractivity contribution in [3.8, 4) is 11.3 Å². The molecule has 0 N–H and O–H groups in total. The third-order valence-electron chi connectivity index (χ3n) is 4.49. The van der Waals surface area contributed by atoms with Crippen LogP contribution in [0, 0.1) is 13.8 Å². The molecule has 0 radical (unpaired) electrons. The van der Waals surface area contributed by atoms with Crippen LogP contribution in [0.1, 0.15) is 22.1 Å². The molecule has 0 spiro atoms. The van der Waals surface area contributed by atoms with Gasteiger partial charge in [0.2, 0.25) is 5.91 Å². The SMILES string of the molecule is Cc1ccc(C2SCC(=O)N2c2ccc(-c3ccco3)cc2C)cc1. The van der Waals surface area contributed by atoms with Crippen molar-refractivity contribution in [3.05, 3.63) is 77.6 Å². The van der Waals surface area contributed by atoms with Crippen molar-refractivity contribution in [2.45, 2.75) is 19.2 Å². The van der Waals surface area contributed by atoms with Crippen molar-refractivity contribution in [1.82, 2.24) is 0 Å². The van der Waals surface area contributed by atoms with Gasteiger partial charge < -0.3 is 4.42 Å². The number of nitrogens with zero attached hydrogens (tertiary/aromatic N) is 1. The number of thioether (sulfide) groups is 1. The monoisotopic (exact) mass is 349 g/mol. The van der Waals surface area contributed by atoms with E-state index < -0.39 is 0 Å². The second-order valence-corrected chi connectivity index (χ2v) is 7.38. The van der Waals surface area contributed by atoms with Crippen molar-refractivity contribution in [2.75, 3.05) is 10.7 Å². The number of benzene rings is 2. The summed E-state index contributed by atoms with van der Waals surface area (Å²) in [6, 6.07) is 18.4. The lowest BCUT2D eigenvalue weighted by Crippen LogP contribution is -2.28. The van der Waals surface area contributed by atoms with Gasteiger partial charge >= 0.3 is 0 Å². The maximum atomic E-state index is 12.6. The number of carbonyl (C=O) groups excluding carboxylic acids is 1. The van der Waals surface area contributed by atoms with E-state index in [0.29, 0.717) is 5.75 Å². The van der Waals surface area contributed by atoms with Crippen molar-refractivity contribution in [3.63, 3.8) is 0 Å². The van der Waals surface area contributed by atoms with Crippen LogP contribution >= 0.6 is 11.8 Å². The zero-order valence-corrected chi connectivity index (χ0v) is 15.0. The minimum atomic E-state index is 0.0289. The molecule has 3 nitrogen and oxygen atoms in total. The molecule has 3 aromatic rings. The molecule has 0 saturated carbocycles. The third-order valence-corrected chi connectivity index (χ3v) is 5.70. The summed E-state index contributed by atoms with van der Waals surface area (Å²) in [6.45, 7) is 4.12. The molecule has 2 aromatic carbocycles. The van der Waals surface area contributed by atoms with Crippen LogP contribution < -0.4 is 4.90 Å². The summed E-state index contributed by atoms with van der Waals surface area (Å²) >= 11 is 1.68. The van der Waals surface area contributed by atoms with Crippen molar-refractivity contribution < 1.29 is 9.21 Å². The van der Waals surface area contributed by atoms with E-state index in [0.717, 1.165) is 28.1 Å². The second-order valence-electron chi connectivity index (χ2n) is 6.32. The third kappa shape index (κ3) is 2.98. The molecule has 25 heavy (non-hydrogen) atoms. The Hall–Kier alpha value is -2.46. The van der Waals surface area contributed by atoms with E-state index in [2.05, 4.69) is 37.3 Å². The van der Waals surface area contributed by atoms with E-state index in [9.17, 15) is 4.79 Å². The minimum Gasteiger partial charge on any atom is -0.464 e. The summed E-state index contributed by atoms with van der Waals surface area (Å²) in [5.74, 6) is 1.51. The normalized spacial score (nSPS) is 17.3. The molecule has 1 aliphatic rings. The van der Waals surface area contributed by atoms with Crippen LogP contribution in [0.15, 0.2) is 65.3 Å². The Balaban J connectivity index is 1.71. The van der Waals surface area contributed by atoms with E-state index in [1.54, 1.807) is 18.0 Å². The zero-order chi connectivity index (χ0) is 17.4. The molecule has 1 aliphatic heterocycles. The van der Waals surface area contributed by atoms with E-state index in [1.807, 2.05) is 36.1 Å². The zero-order valence-electron chi connectivity index (χ0n) is 14.2. The molecule has 1 aromatic heterocycles. The highest BCUT2D eigenvalue weighted by molar-refractivity contribution is 8.00. The first kappa shape index (κ1) is 16.0. The Morgan fingerprint density at radius 3 is 2.56 bits per heavy atom. The number of carbonyl (C=O) groups is 1. The fraction of sp³-hybridized carbons (Fsp3) is 0.190. The molecule has 2 heterocycles. The van der Waals surface area contributed by atoms with Gasteiger partial charge in [-0.15, -0.1) is 11.8 Å². The van der Waals surface area contributed by atoms with Crippen molar-refractivity contribution in [2.24, 2.45) is 0 Å². The van der Waals surface area contributed by atoms with Crippen LogP contribution in [0.5, 0.6) is 0 Å². The van der Waals surface area contributed by atoms with Gasteiger partial charge in [0.25, 0.3) is 0 Å². The lowest BCUT2D eigenvalue weighted by molar-refractivity contribution is -0.115. The van der Waals surface area contributed by atoms with E-state index in [1.165, 1.54) is 5.56 Å². The van der Waals surface area contributed by atoms with Crippen molar-refractivity contribution >= 4 is 23.4 Å². The van der Waals surface area contributed by atoms with Gasteiger partial charge in [-0.05, 0) is 55.3 Å². The first-order valence-corrected chi connectivity index (χ1v) is 9.33. The summed E-state index contributed by atoms with van der Waals surface area (Å²) in [5, 5.41) is 0.0289. The molecule has 4 heteroatoms. The van der Waals surface area contributed by atoms with Gasteiger partial charge in [0.1, 0.15) is 11.1 Å². The predicted molar refractivity (Wildman–Crippen MR) is 103 cm³/mol. The lowest BCUT2D eigenvalue weighted by Gasteiger charge is -2.26. The number of hydrogen-bond acceptors (Lipinski definition) is 3. The fourth-order valence-electron chi connectivity index (χ4n) is 3.18. The molecule has 1 amide bonds. The van der Waals surface area contributed by atoms with E-state index in [-0.39, 0.29) is 11.3 Å². The van der Waals surface area contributed by atoms with Gasteiger partial charge in [-0.1, -0.05) is 29.8 Å². The Kier molecular flexibility index (Phi) is 4.14. The highest BCUT2D eigenvalue weighted by Gasteiger charge is 2.34. The summed E-state index contributed by atoms with van der Waals surface area (Å²) in [4.78, 5) is 14.5. The van der Waals surface area contributed by atoms with Gasteiger partial charge in [-0.25, -0.2) is 0 Å². The molecule has 1 fully saturated rings. The van der Waals surface area contributed by atoms with Gasteiger partial charge in [-0.2, -0.15) is 0 Å². The average Bonchev–Trinajstić information content (AvgIpc) is 3.26. The quantitative estimate of drug-likeness (QED) is 0.640. The van der Waals surface area contributed by atoms with Gasteiger partial charge in [0, 0.05) is 11.3 Å². The smallest absolute Gasteiger partial charge is 0.238 e. The molecule has 1 saturated heterocycles. The molecule has 1 unspecified atom stereocenters. The molecule has 4 rings (SSSR count). The Bertz CT molecular complexity index is 900. The summed E-state index contributed by atoms with van der Waals surface area (Å²) < 4.78 is 5.48. The number of anilines is 1. The van der Waals surface area contributed by atoms with Gasteiger partial charge in [-0.3, -0.25) is 9.69 Å². The molecule has 0 aliphatic carbocycles. The highest BCUT2D eigenvalue weighted by Crippen LogP contribution is 2.43. The summed E-state index contributed by atoms with van der Waals surface area (Å²) in [5.41, 5.74) is 5.45. The first-order chi connectivity index (χ1) is 12.1. The van der Waals surface area contributed by atoms with E-state index in [4.69, 9.17) is 4.42 Å². The van der Waals surface area contributed by atoms with Crippen molar-refractivity contribution in [1.29, 1.82) is 0 Å². The van der Waals surface area contributed by atoms with Crippen LogP contribution in [0.25, 0.3) is 11.3 Å². The Labute approximate surface area is 151 Å². The van der Waals surface area contributed by atoms with E-state index >= 15 is 0 Å². The molecular weight excluding hydrogens is 330 g/mol. The number of aryl methyl sites for hydroxylation is 2. The maximum absolute atomic E-state index is 12.6. The largest absolute Gasteiger partial charge is 0.464 e. The van der Waals surface area contributed by atoms with Gasteiger partial charge in [0.15, 0.2) is 0 Å². The molecular formula is C21H19NO2S. The minimum absolute atomic E-state index is 0.0289. The number of rotatable bonds is 3. The summed E-state index contributed by atoms with van der Waals surface area (Å²) in [6.07, 6.45) is 1.67. The fourth-order valence-corrected chi connectivity index (χ4v) is 4.35. The molecule has 1 atom stereocenters. The Morgan fingerprint density at radius 1 is 1.08 bits per heavy atom. The predicted octanol–water partition coefficient (Wildman–Crippen LogP) is 5.34. The van der Waals surface area contributed by atoms with Crippen LogP contribution in [0.4, 0.5) is 5.69 Å². The van der Waals surface area contributed by atoms with Crippen LogP contribution in [-0.2, 0) is 4.79 Å². The summed E-state index contributed by atoms with van der Waals surface area (Å²) in [7, 11) is 0. The number of amides is 1. The van der Waals surface area contributed by atoms with Crippen LogP contribution in [-0.4, -0.2) is 11.7 Å². The van der Waals surface area contributed by atoms with Crippen LogP contribution in [0.3, 0.4) is 0 Å². The molecule has 126 valence electrons. The average molecular weight is 349 g/mol. The number of furan rings is 1.